The number of carbonyl (C=O) groups is 1. The summed E-state index contributed by atoms with van der Waals surface area (Å²) in [6, 6.07) is 10.3. The van der Waals surface area contributed by atoms with Gasteiger partial charge >= 0.3 is 0 Å². The highest BCUT2D eigenvalue weighted by Gasteiger charge is 2.12. The lowest BCUT2D eigenvalue weighted by Crippen LogP contribution is -2.22. The second-order valence-corrected chi connectivity index (χ2v) is 7.27. The number of hydrogen-bond acceptors (Lipinski definition) is 6. The normalized spacial score (nSPS) is 12.4. The number of aromatic nitrogens is 2. The van der Waals surface area contributed by atoms with E-state index in [0.29, 0.717) is 37.5 Å². The number of carbonyl (C=O) groups excluding carboxylic acids is 1. The molecule has 0 spiro atoms. The fourth-order valence-electron chi connectivity index (χ4n) is 3.01. The topological polar surface area (TPSA) is 80.0 Å². The molecule has 2 N–H and O–H groups in total. The molecule has 1 amide bonds. The van der Waals surface area contributed by atoms with Crippen LogP contribution in [0.15, 0.2) is 40.2 Å². The summed E-state index contributed by atoms with van der Waals surface area (Å²) in [5, 5.41) is 12.3. The van der Waals surface area contributed by atoms with Gasteiger partial charge in [0.05, 0.1) is 4.88 Å². The number of fused-ring (bicyclic) bond motifs is 1. The van der Waals surface area contributed by atoms with Gasteiger partial charge in [0.1, 0.15) is 0 Å². The highest BCUT2D eigenvalue weighted by molar-refractivity contribution is 7.13. The van der Waals surface area contributed by atoms with Gasteiger partial charge in [-0.05, 0) is 34.6 Å². The summed E-state index contributed by atoms with van der Waals surface area (Å²) in [4.78, 5) is 17.4. The standard InChI is InChI=1S/C19H20N4O2S.ClH/c24-17(21-10-13-6-7-14-11-20-12-15(14)9-13)4-1-5-18-22-19(23-25-18)16-3-2-8-26-16;/h2-3,6-9,20H,1,4-5,10-12H2,(H,21,24);1H. The van der Waals surface area contributed by atoms with Crippen LogP contribution in [0.25, 0.3) is 10.7 Å². The van der Waals surface area contributed by atoms with Crippen LogP contribution in [-0.2, 0) is 30.8 Å². The predicted octanol–water partition coefficient (Wildman–Crippen LogP) is 3.46. The van der Waals surface area contributed by atoms with E-state index in [1.54, 1.807) is 11.3 Å². The Bertz CT molecular complexity index is 895. The van der Waals surface area contributed by atoms with E-state index >= 15 is 0 Å². The predicted molar refractivity (Wildman–Crippen MR) is 107 cm³/mol. The van der Waals surface area contributed by atoms with Crippen LogP contribution in [0.4, 0.5) is 0 Å². The highest BCUT2D eigenvalue weighted by Crippen LogP contribution is 2.21. The Morgan fingerprint density at radius 1 is 1.26 bits per heavy atom. The van der Waals surface area contributed by atoms with Crippen LogP contribution in [0.1, 0.15) is 35.4 Å². The van der Waals surface area contributed by atoms with E-state index in [-0.39, 0.29) is 18.3 Å². The van der Waals surface area contributed by atoms with Gasteiger partial charge in [-0.25, -0.2) is 0 Å². The van der Waals surface area contributed by atoms with Gasteiger partial charge in [-0.1, -0.05) is 29.4 Å². The first-order chi connectivity index (χ1) is 12.8. The highest BCUT2D eigenvalue weighted by atomic mass is 35.5. The third kappa shape index (κ3) is 4.94. The SMILES string of the molecule is Cl.O=C(CCCc1nc(-c2cccs2)no1)NCc1ccc2c(c1)CNC2. The summed E-state index contributed by atoms with van der Waals surface area (Å²) in [6.07, 6.45) is 1.74. The van der Waals surface area contributed by atoms with Crippen molar-refractivity contribution in [1.29, 1.82) is 0 Å². The minimum absolute atomic E-state index is 0. The van der Waals surface area contributed by atoms with Gasteiger partial charge in [0.2, 0.25) is 17.6 Å². The Balaban J connectivity index is 0.00000210. The van der Waals surface area contributed by atoms with Crippen molar-refractivity contribution in [3.63, 3.8) is 0 Å². The van der Waals surface area contributed by atoms with E-state index in [2.05, 4.69) is 39.0 Å². The number of benzene rings is 1. The van der Waals surface area contributed by atoms with Crippen molar-refractivity contribution in [2.24, 2.45) is 0 Å². The molecule has 142 valence electrons. The summed E-state index contributed by atoms with van der Waals surface area (Å²) in [6.45, 7) is 2.41. The van der Waals surface area contributed by atoms with E-state index in [1.807, 2.05) is 17.5 Å². The number of amides is 1. The first kappa shape index (κ1) is 19.5. The zero-order valence-corrected chi connectivity index (χ0v) is 16.4. The van der Waals surface area contributed by atoms with Crippen LogP contribution in [0.5, 0.6) is 0 Å². The Hall–Kier alpha value is -2.22. The quantitative estimate of drug-likeness (QED) is 0.630. The molecule has 4 rings (SSSR count). The second kappa shape index (κ2) is 9.12. The molecule has 1 aliphatic rings. The molecule has 0 fully saturated rings. The molecule has 8 heteroatoms. The van der Waals surface area contributed by atoms with E-state index < -0.39 is 0 Å². The molecule has 1 aliphatic heterocycles. The van der Waals surface area contributed by atoms with Crippen molar-refractivity contribution >= 4 is 29.7 Å². The van der Waals surface area contributed by atoms with E-state index in [9.17, 15) is 4.79 Å². The fraction of sp³-hybridized carbons (Fsp3) is 0.316. The monoisotopic (exact) mass is 404 g/mol. The maximum Gasteiger partial charge on any atom is 0.226 e. The lowest BCUT2D eigenvalue weighted by Gasteiger charge is -2.06. The van der Waals surface area contributed by atoms with Gasteiger partial charge in [-0.3, -0.25) is 4.79 Å². The number of hydrogen-bond donors (Lipinski definition) is 2. The molecule has 0 atom stereocenters. The molecule has 0 radical (unpaired) electrons. The molecular weight excluding hydrogens is 384 g/mol. The molecule has 3 aromatic rings. The molecule has 0 unspecified atom stereocenters. The number of rotatable bonds is 7. The number of nitrogens with one attached hydrogen (secondary N) is 2. The minimum Gasteiger partial charge on any atom is -0.352 e. The molecule has 0 bridgehead atoms. The Morgan fingerprint density at radius 3 is 3.00 bits per heavy atom. The molecule has 3 heterocycles. The van der Waals surface area contributed by atoms with E-state index in [0.717, 1.165) is 23.5 Å². The van der Waals surface area contributed by atoms with Crippen LogP contribution in [0.2, 0.25) is 0 Å². The molecule has 0 aliphatic carbocycles. The van der Waals surface area contributed by atoms with Crippen LogP contribution in [0, 0.1) is 0 Å². The van der Waals surface area contributed by atoms with Crippen molar-refractivity contribution in [2.45, 2.75) is 38.9 Å². The van der Waals surface area contributed by atoms with Crippen molar-refractivity contribution in [1.82, 2.24) is 20.8 Å². The third-order valence-corrected chi connectivity index (χ3v) is 5.26. The fourth-order valence-corrected chi connectivity index (χ4v) is 3.66. The summed E-state index contributed by atoms with van der Waals surface area (Å²) in [7, 11) is 0. The Morgan fingerprint density at radius 2 is 2.15 bits per heavy atom. The summed E-state index contributed by atoms with van der Waals surface area (Å²) in [5.74, 6) is 1.24. The number of halogens is 1. The lowest BCUT2D eigenvalue weighted by atomic mass is 10.1. The van der Waals surface area contributed by atoms with Crippen LogP contribution in [-0.4, -0.2) is 16.0 Å². The molecule has 2 aromatic heterocycles. The molecule has 1 aromatic carbocycles. The molecule has 27 heavy (non-hydrogen) atoms. The van der Waals surface area contributed by atoms with Crippen LogP contribution < -0.4 is 10.6 Å². The maximum absolute atomic E-state index is 12.0. The van der Waals surface area contributed by atoms with E-state index in [4.69, 9.17) is 4.52 Å². The zero-order chi connectivity index (χ0) is 17.8. The number of aryl methyl sites for hydroxylation is 1. The first-order valence-electron chi connectivity index (χ1n) is 8.72. The van der Waals surface area contributed by atoms with Gasteiger partial charge in [0.15, 0.2) is 0 Å². The van der Waals surface area contributed by atoms with Gasteiger partial charge < -0.3 is 15.2 Å². The van der Waals surface area contributed by atoms with Crippen molar-refractivity contribution in [3.05, 3.63) is 58.3 Å². The van der Waals surface area contributed by atoms with Gasteiger partial charge in [0.25, 0.3) is 0 Å². The van der Waals surface area contributed by atoms with Gasteiger partial charge in [-0.15, -0.1) is 23.7 Å². The number of nitrogens with zero attached hydrogens (tertiary/aromatic N) is 2. The Labute approximate surface area is 167 Å². The summed E-state index contributed by atoms with van der Waals surface area (Å²) < 4.78 is 5.25. The first-order valence-corrected chi connectivity index (χ1v) is 9.60. The van der Waals surface area contributed by atoms with Crippen molar-refractivity contribution in [3.8, 4) is 10.7 Å². The van der Waals surface area contributed by atoms with Crippen LogP contribution in [0.3, 0.4) is 0 Å². The molecule has 0 saturated heterocycles. The van der Waals surface area contributed by atoms with Crippen molar-refractivity contribution in [2.75, 3.05) is 0 Å². The average Bonchev–Trinajstić information content (AvgIpc) is 3.39. The molecular formula is C19H21ClN4O2S. The number of thiophene rings is 1. The maximum atomic E-state index is 12.0. The lowest BCUT2D eigenvalue weighted by molar-refractivity contribution is -0.121. The zero-order valence-electron chi connectivity index (χ0n) is 14.7. The van der Waals surface area contributed by atoms with Gasteiger partial charge in [-0.2, -0.15) is 4.98 Å². The third-order valence-electron chi connectivity index (χ3n) is 4.40. The molecule has 0 saturated carbocycles. The van der Waals surface area contributed by atoms with E-state index in [1.165, 1.54) is 11.1 Å². The van der Waals surface area contributed by atoms with Gasteiger partial charge in [0, 0.05) is 32.5 Å². The average molecular weight is 405 g/mol. The largest absolute Gasteiger partial charge is 0.352 e. The second-order valence-electron chi connectivity index (χ2n) is 6.33. The van der Waals surface area contributed by atoms with Crippen LogP contribution >= 0.6 is 23.7 Å². The summed E-state index contributed by atoms with van der Waals surface area (Å²) in [5.41, 5.74) is 3.81. The molecule has 6 nitrogen and oxygen atoms in total. The van der Waals surface area contributed by atoms with Crippen molar-refractivity contribution < 1.29 is 9.32 Å². The smallest absolute Gasteiger partial charge is 0.226 e. The Kier molecular flexibility index (Phi) is 6.60. The summed E-state index contributed by atoms with van der Waals surface area (Å²) >= 11 is 1.58. The minimum atomic E-state index is 0.